The summed E-state index contributed by atoms with van der Waals surface area (Å²) in [5.74, 6) is 0. The Labute approximate surface area is 97.6 Å². The van der Waals surface area contributed by atoms with Crippen molar-refractivity contribution in [3.63, 3.8) is 0 Å². The van der Waals surface area contributed by atoms with Crippen LogP contribution in [0.15, 0.2) is 24.3 Å². The third-order valence-electron chi connectivity index (χ3n) is 2.14. The van der Waals surface area contributed by atoms with Gasteiger partial charge in [-0.05, 0) is 18.6 Å². The Hall–Kier alpha value is -0.740. The van der Waals surface area contributed by atoms with Crippen molar-refractivity contribution in [3.8, 4) is 0 Å². The monoisotopic (exact) mass is 251 g/mol. The molecule has 0 aromatic heterocycles. The third-order valence-corrected chi connectivity index (χ3v) is 2.51. The summed E-state index contributed by atoms with van der Waals surface area (Å²) < 4.78 is 36.1. The lowest BCUT2D eigenvalue weighted by molar-refractivity contribution is -0.139. The standard InChI is InChI=1S/C11H13ClF3N/c1-8(6-11(13,14)15)16-7-9-4-2-3-5-10(9)12/h2-5,8,16H,6-7H2,1H3. The molecule has 0 spiro atoms. The van der Waals surface area contributed by atoms with E-state index in [4.69, 9.17) is 11.6 Å². The minimum absolute atomic E-state index is 0.344. The van der Waals surface area contributed by atoms with E-state index in [2.05, 4.69) is 5.32 Å². The zero-order chi connectivity index (χ0) is 12.2. The molecule has 1 nitrogen and oxygen atoms in total. The third kappa shape index (κ3) is 4.86. The largest absolute Gasteiger partial charge is 0.390 e. The van der Waals surface area contributed by atoms with Crippen molar-refractivity contribution in [1.29, 1.82) is 0 Å². The van der Waals surface area contributed by atoms with Crippen LogP contribution in [-0.4, -0.2) is 12.2 Å². The van der Waals surface area contributed by atoms with Crippen LogP contribution in [0.5, 0.6) is 0 Å². The SMILES string of the molecule is CC(CC(F)(F)F)NCc1ccccc1Cl. The van der Waals surface area contributed by atoms with Crippen LogP contribution in [0.2, 0.25) is 5.02 Å². The van der Waals surface area contributed by atoms with Gasteiger partial charge in [-0.25, -0.2) is 0 Å². The molecule has 0 amide bonds. The Bertz CT molecular complexity index is 338. The summed E-state index contributed by atoms with van der Waals surface area (Å²) >= 11 is 5.88. The second kappa shape index (κ2) is 5.55. The predicted octanol–water partition coefficient (Wildman–Crippen LogP) is 3.77. The quantitative estimate of drug-likeness (QED) is 0.859. The lowest BCUT2D eigenvalue weighted by Gasteiger charge is -2.16. The zero-order valence-corrected chi connectivity index (χ0v) is 9.57. The van der Waals surface area contributed by atoms with E-state index in [9.17, 15) is 13.2 Å². The molecule has 16 heavy (non-hydrogen) atoms. The Morgan fingerprint density at radius 1 is 1.31 bits per heavy atom. The molecular weight excluding hydrogens is 239 g/mol. The van der Waals surface area contributed by atoms with Crippen LogP contribution >= 0.6 is 11.6 Å². The summed E-state index contributed by atoms with van der Waals surface area (Å²) in [4.78, 5) is 0. The molecule has 0 bridgehead atoms. The van der Waals surface area contributed by atoms with Gasteiger partial charge < -0.3 is 5.32 Å². The topological polar surface area (TPSA) is 12.0 Å². The fourth-order valence-electron chi connectivity index (χ4n) is 1.35. The van der Waals surface area contributed by atoms with Gasteiger partial charge >= 0.3 is 6.18 Å². The molecule has 5 heteroatoms. The molecule has 0 fully saturated rings. The summed E-state index contributed by atoms with van der Waals surface area (Å²) in [6.07, 6.45) is -4.97. The predicted molar refractivity (Wildman–Crippen MR) is 58.4 cm³/mol. The number of halogens is 4. The minimum atomic E-state index is -4.13. The average molecular weight is 252 g/mol. The van der Waals surface area contributed by atoms with E-state index in [0.717, 1.165) is 5.56 Å². The Morgan fingerprint density at radius 3 is 2.50 bits per heavy atom. The Morgan fingerprint density at radius 2 is 1.94 bits per heavy atom. The molecule has 0 radical (unpaired) electrons. The molecule has 0 saturated heterocycles. The van der Waals surface area contributed by atoms with Gasteiger partial charge in [0.25, 0.3) is 0 Å². The molecule has 0 aliphatic rings. The molecule has 90 valence electrons. The first-order valence-corrected chi connectivity index (χ1v) is 5.30. The second-order valence-electron chi connectivity index (χ2n) is 3.69. The van der Waals surface area contributed by atoms with E-state index >= 15 is 0 Å². The first kappa shape index (κ1) is 13.3. The summed E-state index contributed by atoms with van der Waals surface area (Å²) in [6.45, 7) is 1.85. The number of hydrogen-bond donors (Lipinski definition) is 1. The van der Waals surface area contributed by atoms with Crippen molar-refractivity contribution < 1.29 is 13.2 Å². The van der Waals surface area contributed by atoms with Gasteiger partial charge in [-0.2, -0.15) is 13.2 Å². The number of benzene rings is 1. The van der Waals surface area contributed by atoms with Crippen LogP contribution in [0.4, 0.5) is 13.2 Å². The van der Waals surface area contributed by atoms with Crippen LogP contribution in [0.25, 0.3) is 0 Å². The molecule has 1 rings (SSSR count). The van der Waals surface area contributed by atoms with Gasteiger partial charge in [0.15, 0.2) is 0 Å². The normalized spacial score (nSPS) is 13.8. The maximum atomic E-state index is 12.0. The molecule has 0 aliphatic heterocycles. The van der Waals surface area contributed by atoms with Gasteiger partial charge in [-0.3, -0.25) is 0 Å². The fourth-order valence-corrected chi connectivity index (χ4v) is 1.55. The van der Waals surface area contributed by atoms with E-state index in [0.29, 0.717) is 11.6 Å². The van der Waals surface area contributed by atoms with E-state index < -0.39 is 18.6 Å². The maximum Gasteiger partial charge on any atom is 0.390 e. The van der Waals surface area contributed by atoms with Crippen LogP contribution in [-0.2, 0) is 6.54 Å². The summed E-state index contributed by atoms with van der Waals surface area (Å²) in [5, 5.41) is 3.36. The molecule has 1 N–H and O–H groups in total. The van der Waals surface area contributed by atoms with Crippen molar-refractivity contribution >= 4 is 11.6 Å². The van der Waals surface area contributed by atoms with Crippen LogP contribution in [0.1, 0.15) is 18.9 Å². The van der Waals surface area contributed by atoms with Crippen molar-refractivity contribution in [2.24, 2.45) is 0 Å². The van der Waals surface area contributed by atoms with Crippen molar-refractivity contribution in [2.45, 2.75) is 32.1 Å². The minimum Gasteiger partial charge on any atom is -0.310 e. The van der Waals surface area contributed by atoms with Crippen molar-refractivity contribution in [3.05, 3.63) is 34.9 Å². The molecule has 1 aromatic rings. The van der Waals surface area contributed by atoms with Crippen LogP contribution in [0.3, 0.4) is 0 Å². The second-order valence-corrected chi connectivity index (χ2v) is 4.10. The molecular formula is C11H13ClF3N. The lowest BCUT2D eigenvalue weighted by Crippen LogP contribution is -2.30. The van der Waals surface area contributed by atoms with Gasteiger partial charge in [-0.15, -0.1) is 0 Å². The molecule has 1 unspecified atom stereocenters. The average Bonchev–Trinajstić information content (AvgIpc) is 2.14. The van der Waals surface area contributed by atoms with Crippen LogP contribution < -0.4 is 5.32 Å². The van der Waals surface area contributed by atoms with E-state index in [1.165, 1.54) is 6.92 Å². The molecule has 1 aromatic carbocycles. The lowest BCUT2D eigenvalue weighted by atomic mass is 10.2. The van der Waals surface area contributed by atoms with E-state index in [-0.39, 0.29) is 0 Å². The van der Waals surface area contributed by atoms with Gasteiger partial charge in [0.05, 0.1) is 6.42 Å². The number of hydrogen-bond acceptors (Lipinski definition) is 1. The molecule has 0 saturated carbocycles. The highest BCUT2D eigenvalue weighted by atomic mass is 35.5. The maximum absolute atomic E-state index is 12.0. The van der Waals surface area contributed by atoms with Crippen molar-refractivity contribution in [2.75, 3.05) is 0 Å². The Kier molecular flexibility index (Phi) is 4.62. The highest BCUT2D eigenvalue weighted by Gasteiger charge is 2.29. The van der Waals surface area contributed by atoms with Gasteiger partial charge in [0.2, 0.25) is 0 Å². The molecule has 1 atom stereocenters. The highest BCUT2D eigenvalue weighted by Crippen LogP contribution is 2.22. The first-order chi connectivity index (χ1) is 7.38. The van der Waals surface area contributed by atoms with Gasteiger partial charge in [-0.1, -0.05) is 29.8 Å². The number of alkyl halides is 3. The Balaban J connectivity index is 2.43. The van der Waals surface area contributed by atoms with E-state index in [1.54, 1.807) is 24.3 Å². The summed E-state index contributed by atoms with van der Waals surface area (Å²) in [7, 11) is 0. The number of nitrogens with one attached hydrogen (secondary N) is 1. The van der Waals surface area contributed by atoms with Crippen LogP contribution in [0, 0.1) is 0 Å². The first-order valence-electron chi connectivity index (χ1n) is 4.92. The zero-order valence-electron chi connectivity index (χ0n) is 8.81. The van der Waals surface area contributed by atoms with Crippen molar-refractivity contribution in [1.82, 2.24) is 5.32 Å². The fraction of sp³-hybridized carbons (Fsp3) is 0.455. The van der Waals surface area contributed by atoms with Gasteiger partial charge in [0.1, 0.15) is 0 Å². The smallest absolute Gasteiger partial charge is 0.310 e. The molecule has 0 aliphatic carbocycles. The summed E-state index contributed by atoms with van der Waals surface area (Å²) in [6, 6.07) is 6.47. The van der Waals surface area contributed by atoms with Gasteiger partial charge in [0, 0.05) is 17.6 Å². The highest BCUT2D eigenvalue weighted by molar-refractivity contribution is 6.31. The summed E-state index contributed by atoms with van der Waals surface area (Å²) in [5.41, 5.74) is 0.804. The van der Waals surface area contributed by atoms with E-state index in [1.807, 2.05) is 0 Å². The number of rotatable bonds is 4. The molecule has 0 heterocycles.